The second-order valence-electron chi connectivity index (χ2n) is 7.51. The van der Waals surface area contributed by atoms with E-state index in [1.807, 2.05) is 0 Å². The van der Waals surface area contributed by atoms with Crippen LogP contribution in [0.2, 0.25) is 0 Å². The van der Waals surface area contributed by atoms with Gasteiger partial charge in [-0.2, -0.15) is 0 Å². The van der Waals surface area contributed by atoms with Gasteiger partial charge in [-0.3, -0.25) is 0 Å². The fraction of sp³-hybridized carbons (Fsp3) is 0.636. The van der Waals surface area contributed by atoms with E-state index in [9.17, 15) is 9.59 Å². The Bertz CT molecular complexity index is 565. The van der Waals surface area contributed by atoms with E-state index in [1.54, 1.807) is 24.3 Å². The lowest BCUT2D eigenvalue weighted by molar-refractivity contribution is 0.0433. The fourth-order valence-corrected chi connectivity index (χ4v) is 2.66. The molecule has 0 fully saturated rings. The Labute approximate surface area is 158 Å². The number of ether oxygens (including phenoxy) is 2. The normalized spacial score (nSPS) is 13.3. The molecule has 0 aliphatic heterocycles. The molecule has 0 N–H and O–H groups in total. The molecule has 0 saturated heterocycles. The van der Waals surface area contributed by atoms with Crippen LogP contribution in [0.15, 0.2) is 24.3 Å². The Kier molecular flexibility index (Phi) is 10.0. The quantitative estimate of drug-likeness (QED) is 0.487. The van der Waals surface area contributed by atoms with Gasteiger partial charge in [0, 0.05) is 0 Å². The van der Waals surface area contributed by atoms with Crippen molar-refractivity contribution < 1.29 is 19.1 Å². The number of hydrogen-bond acceptors (Lipinski definition) is 4. The van der Waals surface area contributed by atoms with E-state index in [2.05, 4.69) is 34.6 Å². The van der Waals surface area contributed by atoms with Gasteiger partial charge in [0.1, 0.15) is 0 Å². The molecule has 2 unspecified atom stereocenters. The molecule has 0 aliphatic rings. The Morgan fingerprint density at radius 3 is 1.81 bits per heavy atom. The third kappa shape index (κ3) is 7.59. The van der Waals surface area contributed by atoms with Crippen LogP contribution >= 0.6 is 0 Å². The molecule has 0 amide bonds. The molecule has 0 spiro atoms. The van der Waals surface area contributed by atoms with Gasteiger partial charge in [-0.1, -0.05) is 59.6 Å². The average Bonchev–Trinajstić information content (AvgIpc) is 2.61. The van der Waals surface area contributed by atoms with Crippen LogP contribution in [-0.4, -0.2) is 25.2 Å². The zero-order chi connectivity index (χ0) is 19.5. The lowest BCUT2D eigenvalue weighted by Crippen LogP contribution is -2.16. The summed E-state index contributed by atoms with van der Waals surface area (Å²) in [6.07, 6.45) is 3.89. The van der Waals surface area contributed by atoms with E-state index in [1.165, 1.54) is 0 Å². The summed E-state index contributed by atoms with van der Waals surface area (Å²) in [5, 5.41) is 0. The summed E-state index contributed by atoms with van der Waals surface area (Å²) in [6.45, 7) is 11.5. The maximum atomic E-state index is 12.4. The number of esters is 2. The molecule has 1 aromatic carbocycles. The third-order valence-electron chi connectivity index (χ3n) is 4.94. The number of hydrogen-bond donors (Lipinski definition) is 0. The van der Waals surface area contributed by atoms with Crippen molar-refractivity contribution in [2.45, 2.75) is 60.3 Å². The lowest BCUT2D eigenvalue weighted by atomic mass is 9.95. The van der Waals surface area contributed by atoms with Crippen molar-refractivity contribution in [3.63, 3.8) is 0 Å². The first kappa shape index (κ1) is 22.2. The zero-order valence-electron chi connectivity index (χ0n) is 16.9. The maximum absolute atomic E-state index is 12.4. The summed E-state index contributed by atoms with van der Waals surface area (Å²) >= 11 is 0. The number of rotatable bonds is 11. The van der Waals surface area contributed by atoms with Crippen LogP contribution in [-0.2, 0) is 9.47 Å². The van der Waals surface area contributed by atoms with E-state index in [0.717, 1.165) is 25.7 Å². The number of benzene rings is 1. The molecule has 0 aliphatic carbocycles. The van der Waals surface area contributed by atoms with E-state index in [4.69, 9.17) is 9.47 Å². The summed E-state index contributed by atoms with van der Waals surface area (Å²) in [7, 11) is 0. The Morgan fingerprint density at radius 2 is 1.35 bits per heavy atom. The molecule has 4 heteroatoms. The second kappa shape index (κ2) is 11.7. The smallest absolute Gasteiger partial charge is 0.339 e. The average molecular weight is 363 g/mol. The van der Waals surface area contributed by atoms with Crippen LogP contribution in [0.1, 0.15) is 81.0 Å². The van der Waals surface area contributed by atoms with Crippen molar-refractivity contribution in [3.05, 3.63) is 35.4 Å². The van der Waals surface area contributed by atoms with E-state index >= 15 is 0 Å². The molecule has 0 heterocycles. The third-order valence-corrected chi connectivity index (χ3v) is 4.94. The molecule has 1 aromatic rings. The minimum Gasteiger partial charge on any atom is -0.462 e. The van der Waals surface area contributed by atoms with Crippen molar-refractivity contribution in [1.29, 1.82) is 0 Å². The molecular weight excluding hydrogens is 328 g/mol. The fourth-order valence-electron chi connectivity index (χ4n) is 2.66. The summed E-state index contributed by atoms with van der Waals surface area (Å²) in [4.78, 5) is 24.7. The highest BCUT2D eigenvalue weighted by molar-refractivity contribution is 6.03. The molecule has 2 atom stereocenters. The van der Waals surface area contributed by atoms with E-state index < -0.39 is 11.9 Å². The molecule has 0 radical (unpaired) electrons. The number of carbonyl (C=O) groups excluding carboxylic acids is 2. The van der Waals surface area contributed by atoms with Crippen LogP contribution in [0, 0.1) is 17.8 Å². The van der Waals surface area contributed by atoms with Crippen molar-refractivity contribution in [2.75, 3.05) is 13.2 Å². The summed E-state index contributed by atoms with van der Waals surface area (Å²) in [6, 6.07) is 6.69. The highest BCUT2D eigenvalue weighted by Gasteiger charge is 2.19. The monoisotopic (exact) mass is 362 g/mol. The lowest BCUT2D eigenvalue weighted by Gasteiger charge is -2.15. The first-order chi connectivity index (χ1) is 12.4. The number of carbonyl (C=O) groups is 2. The molecule has 4 nitrogen and oxygen atoms in total. The summed E-state index contributed by atoms with van der Waals surface area (Å²) in [5.74, 6) is 0.625. The first-order valence-corrected chi connectivity index (χ1v) is 9.80. The van der Waals surface area contributed by atoms with Crippen LogP contribution in [0.5, 0.6) is 0 Å². The van der Waals surface area contributed by atoms with Crippen LogP contribution in [0.25, 0.3) is 0 Å². The minimum atomic E-state index is -0.465. The molecule has 0 saturated carbocycles. The molecule has 1 rings (SSSR count). The van der Waals surface area contributed by atoms with Gasteiger partial charge in [-0.25, -0.2) is 9.59 Å². The van der Waals surface area contributed by atoms with Crippen molar-refractivity contribution in [3.8, 4) is 0 Å². The van der Waals surface area contributed by atoms with Gasteiger partial charge in [0.25, 0.3) is 0 Å². The summed E-state index contributed by atoms with van der Waals surface area (Å²) in [5.41, 5.74) is 0.550. The van der Waals surface area contributed by atoms with Gasteiger partial charge in [0.2, 0.25) is 0 Å². The van der Waals surface area contributed by atoms with Crippen molar-refractivity contribution in [2.24, 2.45) is 17.8 Å². The van der Waals surface area contributed by atoms with Crippen LogP contribution < -0.4 is 0 Å². The van der Waals surface area contributed by atoms with Crippen LogP contribution in [0.3, 0.4) is 0 Å². The minimum absolute atomic E-state index is 0.274. The van der Waals surface area contributed by atoms with Gasteiger partial charge in [0.15, 0.2) is 0 Å². The van der Waals surface area contributed by atoms with Crippen LogP contribution in [0.4, 0.5) is 0 Å². The topological polar surface area (TPSA) is 52.6 Å². The largest absolute Gasteiger partial charge is 0.462 e. The molecular formula is C22H34O4. The Morgan fingerprint density at radius 1 is 0.846 bits per heavy atom. The summed E-state index contributed by atoms with van der Waals surface area (Å²) < 4.78 is 10.7. The molecule has 0 bridgehead atoms. The molecule has 0 aromatic heterocycles. The van der Waals surface area contributed by atoms with Gasteiger partial charge in [0.05, 0.1) is 24.3 Å². The standard InChI is InChI=1S/C22H34O4/c1-6-9-17(4)12-14-25-21(23)19-10-7-8-11-20(19)22(24)26-15-13-18(5)16(2)3/h7-8,10-11,16-18H,6,9,12-15H2,1-5H3. The highest BCUT2D eigenvalue weighted by Crippen LogP contribution is 2.16. The highest BCUT2D eigenvalue weighted by atomic mass is 16.5. The van der Waals surface area contributed by atoms with Gasteiger partial charge < -0.3 is 9.47 Å². The van der Waals surface area contributed by atoms with Gasteiger partial charge >= 0.3 is 11.9 Å². The van der Waals surface area contributed by atoms with E-state index in [0.29, 0.717) is 31.0 Å². The zero-order valence-corrected chi connectivity index (χ0v) is 16.9. The maximum Gasteiger partial charge on any atom is 0.339 e. The predicted molar refractivity (Wildman–Crippen MR) is 104 cm³/mol. The second-order valence-corrected chi connectivity index (χ2v) is 7.51. The van der Waals surface area contributed by atoms with Crippen molar-refractivity contribution >= 4 is 11.9 Å². The SMILES string of the molecule is CCCC(C)CCOC(=O)c1ccccc1C(=O)OCCC(C)C(C)C. The Hall–Kier alpha value is -1.84. The molecule has 26 heavy (non-hydrogen) atoms. The van der Waals surface area contributed by atoms with E-state index in [-0.39, 0.29) is 11.1 Å². The van der Waals surface area contributed by atoms with Gasteiger partial charge in [-0.05, 0) is 42.7 Å². The molecule has 146 valence electrons. The first-order valence-electron chi connectivity index (χ1n) is 9.80. The Balaban J connectivity index is 2.60. The predicted octanol–water partition coefficient (Wildman–Crippen LogP) is 5.51. The van der Waals surface area contributed by atoms with Gasteiger partial charge in [-0.15, -0.1) is 0 Å². The van der Waals surface area contributed by atoms with Crippen molar-refractivity contribution in [1.82, 2.24) is 0 Å².